The van der Waals surface area contributed by atoms with Gasteiger partial charge in [0.25, 0.3) is 0 Å². The molecule has 1 N–H and O–H groups in total. The van der Waals surface area contributed by atoms with Gasteiger partial charge < -0.3 is 14.8 Å². The third-order valence-electron chi connectivity index (χ3n) is 2.89. The highest BCUT2D eigenvalue weighted by Gasteiger charge is 2.15. The van der Waals surface area contributed by atoms with Crippen LogP contribution in [0, 0.1) is 12.3 Å². The minimum absolute atomic E-state index is 0.266. The van der Waals surface area contributed by atoms with Crippen LogP contribution in [-0.2, 0) is 0 Å². The summed E-state index contributed by atoms with van der Waals surface area (Å²) in [6, 6.07) is 6.32. The molecule has 3 heteroatoms. The number of terminal acetylenes is 1. The van der Waals surface area contributed by atoms with Gasteiger partial charge in [0.05, 0.1) is 0 Å². The molecule has 0 aromatic heterocycles. The first kappa shape index (κ1) is 11.8. The van der Waals surface area contributed by atoms with Gasteiger partial charge >= 0.3 is 0 Å². The van der Waals surface area contributed by atoms with Gasteiger partial charge in [-0.3, -0.25) is 0 Å². The molecule has 1 heterocycles. The maximum absolute atomic E-state index is 5.57. The molecule has 1 aromatic carbocycles. The zero-order chi connectivity index (χ0) is 12.1. The van der Waals surface area contributed by atoms with Crippen molar-refractivity contribution in [2.45, 2.75) is 18.9 Å². The zero-order valence-electron chi connectivity index (χ0n) is 10.0. The molecule has 0 aliphatic carbocycles. The summed E-state index contributed by atoms with van der Waals surface area (Å²) in [6.45, 7) is 1.24. The van der Waals surface area contributed by atoms with Crippen LogP contribution in [0.5, 0.6) is 11.5 Å². The third-order valence-corrected chi connectivity index (χ3v) is 2.89. The quantitative estimate of drug-likeness (QED) is 0.805. The van der Waals surface area contributed by atoms with Crippen molar-refractivity contribution in [2.75, 3.05) is 20.3 Å². The van der Waals surface area contributed by atoms with Crippen molar-refractivity contribution in [2.24, 2.45) is 0 Å². The van der Waals surface area contributed by atoms with E-state index in [1.807, 2.05) is 19.2 Å². The molecular weight excluding hydrogens is 214 g/mol. The Hall–Kier alpha value is -1.66. The van der Waals surface area contributed by atoms with Gasteiger partial charge in [0.15, 0.2) is 11.5 Å². The summed E-state index contributed by atoms with van der Waals surface area (Å²) in [7, 11) is 1.94. The van der Waals surface area contributed by atoms with E-state index in [1.54, 1.807) is 0 Å². The highest BCUT2D eigenvalue weighted by molar-refractivity contribution is 5.44. The Morgan fingerprint density at radius 3 is 2.82 bits per heavy atom. The molecule has 1 aromatic rings. The number of hydrogen-bond acceptors (Lipinski definition) is 3. The average Bonchev–Trinajstić information content (AvgIpc) is 2.39. The SMILES string of the molecule is C#CCCC(NC)c1ccc2c(c1)OCCO2. The molecule has 1 atom stereocenters. The molecule has 0 bridgehead atoms. The summed E-state index contributed by atoms with van der Waals surface area (Å²) < 4.78 is 11.1. The van der Waals surface area contributed by atoms with Crippen LogP contribution in [0.15, 0.2) is 18.2 Å². The predicted octanol–water partition coefficient (Wildman–Crippen LogP) is 2.13. The van der Waals surface area contributed by atoms with Gasteiger partial charge in [-0.1, -0.05) is 6.07 Å². The standard InChI is InChI=1S/C14H17NO2/c1-3-4-5-12(15-2)11-6-7-13-14(10-11)17-9-8-16-13/h1,6-7,10,12,15H,4-5,8-9H2,2H3. The number of ether oxygens (including phenoxy) is 2. The molecule has 3 nitrogen and oxygen atoms in total. The first-order chi connectivity index (χ1) is 8.35. The van der Waals surface area contributed by atoms with Crippen molar-refractivity contribution in [3.8, 4) is 23.8 Å². The molecule has 1 aliphatic heterocycles. The van der Waals surface area contributed by atoms with E-state index in [0.29, 0.717) is 13.2 Å². The third kappa shape index (κ3) is 2.72. The lowest BCUT2D eigenvalue weighted by atomic mass is 10.0. The Morgan fingerprint density at radius 2 is 2.12 bits per heavy atom. The number of nitrogens with one attached hydrogen (secondary N) is 1. The van der Waals surface area contributed by atoms with Gasteiger partial charge in [-0.2, -0.15) is 0 Å². The Morgan fingerprint density at radius 1 is 1.35 bits per heavy atom. The Kier molecular flexibility index (Phi) is 3.89. The monoisotopic (exact) mass is 231 g/mol. The van der Waals surface area contributed by atoms with E-state index in [2.05, 4.69) is 17.3 Å². The summed E-state index contributed by atoms with van der Waals surface area (Å²) in [4.78, 5) is 0. The molecule has 0 saturated carbocycles. The lowest BCUT2D eigenvalue weighted by molar-refractivity contribution is 0.171. The number of rotatable bonds is 4. The van der Waals surface area contributed by atoms with Gasteiger partial charge in [-0.25, -0.2) is 0 Å². The molecule has 1 unspecified atom stereocenters. The van der Waals surface area contributed by atoms with E-state index < -0.39 is 0 Å². The van der Waals surface area contributed by atoms with Crippen LogP contribution in [0.2, 0.25) is 0 Å². The second-order valence-corrected chi connectivity index (χ2v) is 3.99. The minimum atomic E-state index is 0.266. The molecule has 17 heavy (non-hydrogen) atoms. The van der Waals surface area contributed by atoms with Crippen molar-refractivity contribution in [1.82, 2.24) is 5.32 Å². The maximum atomic E-state index is 5.57. The van der Waals surface area contributed by atoms with Crippen LogP contribution in [0.3, 0.4) is 0 Å². The molecular formula is C14H17NO2. The molecule has 0 fully saturated rings. The second-order valence-electron chi connectivity index (χ2n) is 3.99. The van der Waals surface area contributed by atoms with E-state index in [0.717, 1.165) is 24.3 Å². The lowest BCUT2D eigenvalue weighted by Gasteiger charge is -2.21. The fourth-order valence-corrected chi connectivity index (χ4v) is 1.98. The van der Waals surface area contributed by atoms with Crippen LogP contribution >= 0.6 is 0 Å². The maximum Gasteiger partial charge on any atom is 0.161 e. The van der Waals surface area contributed by atoms with Crippen LogP contribution in [0.1, 0.15) is 24.4 Å². The molecule has 90 valence electrons. The van der Waals surface area contributed by atoms with Gasteiger partial charge in [0, 0.05) is 12.5 Å². The van der Waals surface area contributed by atoms with Crippen LogP contribution in [-0.4, -0.2) is 20.3 Å². The number of benzene rings is 1. The normalized spacial score (nSPS) is 15.1. The summed E-state index contributed by atoms with van der Waals surface area (Å²) in [6.07, 6.45) is 6.99. The first-order valence-electron chi connectivity index (χ1n) is 5.85. The molecule has 2 rings (SSSR count). The molecule has 0 saturated heterocycles. The minimum Gasteiger partial charge on any atom is -0.486 e. The Bertz CT molecular complexity index is 423. The largest absolute Gasteiger partial charge is 0.486 e. The Labute approximate surface area is 102 Å². The van der Waals surface area contributed by atoms with Crippen LogP contribution < -0.4 is 14.8 Å². The fraction of sp³-hybridized carbons (Fsp3) is 0.429. The molecule has 0 amide bonds. The van der Waals surface area contributed by atoms with Crippen molar-refractivity contribution in [3.05, 3.63) is 23.8 Å². The summed E-state index contributed by atoms with van der Waals surface area (Å²) in [5, 5.41) is 3.27. The van der Waals surface area contributed by atoms with Gasteiger partial charge in [0.2, 0.25) is 0 Å². The highest BCUT2D eigenvalue weighted by atomic mass is 16.6. The summed E-state index contributed by atoms with van der Waals surface area (Å²) in [5.41, 5.74) is 1.19. The van der Waals surface area contributed by atoms with E-state index in [1.165, 1.54) is 5.56 Å². The zero-order valence-corrected chi connectivity index (χ0v) is 10.0. The van der Waals surface area contributed by atoms with E-state index in [4.69, 9.17) is 15.9 Å². The summed E-state index contributed by atoms with van der Waals surface area (Å²) in [5.74, 6) is 4.32. The van der Waals surface area contributed by atoms with Crippen molar-refractivity contribution in [1.29, 1.82) is 0 Å². The van der Waals surface area contributed by atoms with Gasteiger partial charge in [0.1, 0.15) is 13.2 Å². The average molecular weight is 231 g/mol. The second kappa shape index (κ2) is 5.60. The number of fused-ring (bicyclic) bond motifs is 1. The van der Waals surface area contributed by atoms with E-state index in [9.17, 15) is 0 Å². The molecule has 0 radical (unpaired) electrons. The topological polar surface area (TPSA) is 30.5 Å². The summed E-state index contributed by atoms with van der Waals surface area (Å²) >= 11 is 0. The van der Waals surface area contributed by atoms with Crippen LogP contribution in [0.25, 0.3) is 0 Å². The van der Waals surface area contributed by atoms with Gasteiger partial charge in [-0.05, 0) is 31.2 Å². The Balaban J connectivity index is 2.17. The lowest BCUT2D eigenvalue weighted by Crippen LogP contribution is -2.18. The van der Waals surface area contributed by atoms with E-state index >= 15 is 0 Å². The van der Waals surface area contributed by atoms with E-state index in [-0.39, 0.29) is 6.04 Å². The number of hydrogen-bond donors (Lipinski definition) is 1. The molecule has 1 aliphatic rings. The highest BCUT2D eigenvalue weighted by Crippen LogP contribution is 2.33. The molecule has 0 spiro atoms. The van der Waals surface area contributed by atoms with Crippen molar-refractivity contribution >= 4 is 0 Å². The van der Waals surface area contributed by atoms with Gasteiger partial charge in [-0.15, -0.1) is 12.3 Å². The van der Waals surface area contributed by atoms with Crippen LogP contribution in [0.4, 0.5) is 0 Å². The smallest absolute Gasteiger partial charge is 0.161 e. The van der Waals surface area contributed by atoms with Crippen molar-refractivity contribution < 1.29 is 9.47 Å². The fourth-order valence-electron chi connectivity index (χ4n) is 1.98. The first-order valence-corrected chi connectivity index (χ1v) is 5.85. The van der Waals surface area contributed by atoms with Crippen molar-refractivity contribution in [3.63, 3.8) is 0 Å². The predicted molar refractivity (Wildman–Crippen MR) is 67.3 cm³/mol.